The van der Waals surface area contributed by atoms with Crippen LogP contribution in [-0.4, -0.2) is 12.2 Å². The second-order valence-electron chi connectivity index (χ2n) is 5.07. The first kappa shape index (κ1) is 16.6. The topological polar surface area (TPSA) is 79.3 Å². The van der Waals surface area contributed by atoms with E-state index in [1.165, 1.54) is 13.2 Å². The van der Waals surface area contributed by atoms with E-state index in [0.29, 0.717) is 11.1 Å². The number of hydrogen-bond acceptors (Lipinski definition) is 4. The summed E-state index contributed by atoms with van der Waals surface area (Å²) in [7, 11) is 1.45. The number of halogens is 1. The maximum absolute atomic E-state index is 10.0. The highest BCUT2D eigenvalue weighted by Crippen LogP contribution is 2.40. The lowest BCUT2D eigenvalue weighted by molar-refractivity contribution is 0.310. The number of ether oxygens (including phenoxy) is 1. The van der Waals surface area contributed by atoms with Gasteiger partial charge in [-0.25, -0.2) is 0 Å². The number of phenolic OH excluding ortho intramolecular Hbond substituents is 1. The standard InChI is InChI=1S/C13H18N2O2.ClH/c1-13(2,3)12(15)9-5-8(7-14)6-10(17-4)11(9)16;/h5-6,12,16H,15H2,1-4H3;1H/t12-;/m0./s1. The number of phenols is 1. The van der Waals surface area contributed by atoms with Crippen molar-refractivity contribution in [2.45, 2.75) is 26.8 Å². The minimum Gasteiger partial charge on any atom is -0.504 e. The number of benzene rings is 1. The number of rotatable bonds is 2. The Bertz CT molecular complexity index is 461. The van der Waals surface area contributed by atoms with Crippen LogP contribution in [0.15, 0.2) is 12.1 Å². The highest BCUT2D eigenvalue weighted by Gasteiger charge is 2.26. The van der Waals surface area contributed by atoms with Crippen LogP contribution in [0.3, 0.4) is 0 Å². The van der Waals surface area contributed by atoms with Gasteiger partial charge in [0.15, 0.2) is 11.5 Å². The summed E-state index contributed by atoms with van der Waals surface area (Å²) in [4.78, 5) is 0. The SMILES string of the molecule is COc1cc(C#N)cc([C@H](N)C(C)(C)C)c1O.Cl. The van der Waals surface area contributed by atoms with E-state index >= 15 is 0 Å². The zero-order chi connectivity index (χ0) is 13.2. The maximum atomic E-state index is 10.0. The van der Waals surface area contributed by atoms with Crippen molar-refractivity contribution in [1.29, 1.82) is 5.26 Å². The average molecular weight is 271 g/mol. The van der Waals surface area contributed by atoms with E-state index < -0.39 is 0 Å². The maximum Gasteiger partial charge on any atom is 0.162 e. The first-order chi connectivity index (χ1) is 7.81. The van der Waals surface area contributed by atoms with Gasteiger partial charge >= 0.3 is 0 Å². The molecule has 18 heavy (non-hydrogen) atoms. The highest BCUT2D eigenvalue weighted by atomic mass is 35.5. The molecule has 0 unspecified atom stereocenters. The van der Waals surface area contributed by atoms with E-state index in [4.69, 9.17) is 15.7 Å². The summed E-state index contributed by atoms with van der Waals surface area (Å²) in [6.07, 6.45) is 0. The Morgan fingerprint density at radius 2 is 1.94 bits per heavy atom. The molecule has 0 heterocycles. The van der Waals surface area contributed by atoms with Crippen LogP contribution >= 0.6 is 12.4 Å². The minimum atomic E-state index is -0.371. The number of nitrogens with zero attached hydrogens (tertiary/aromatic N) is 1. The summed E-state index contributed by atoms with van der Waals surface area (Å²) < 4.78 is 5.03. The predicted octanol–water partition coefficient (Wildman–Crippen LogP) is 2.74. The number of hydrogen-bond donors (Lipinski definition) is 2. The van der Waals surface area contributed by atoms with E-state index in [0.717, 1.165) is 0 Å². The fourth-order valence-electron chi connectivity index (χ4n) is 1.55. The Balaban J connectivity index is 0.00000289. The van der Waals surface area contributed by atoms with Crippen molar-refractivity contribution in [3.8, 4) is 17.6 Å². The van der Waals surface area contributed by atoms with Gasteiger partial charge in [0.2, 0.25) is 0 Å². The fraction of sp³-hybridized carbons (Fsp3) is 0.462. The van der Waals surface area contributed by atoms with Crippen LogP contribution in [0, 0.1) is 16.7 Å². The third-order valence-electron chi connectivity index (χ3n) is 2.72. The molecule has 5 heteroatoms. The van der Waals surface area contributed by atoms with Crippen LogP contribution in [0.4, 0.5) is 0 Å². The molecular formula is C13H19ClN2O2. The summed E-state index contributed by atoms with van der Waals surface area (Å²) in [6.45, 7) is 5.92. The summed E-state index contributed by atoms with van der Waals surface area (Å²) in [5, 5.41) is 19.0. The van der Waals surface area contributed by atoms with E-state index in [-0.39, 0.29) is 35.4 Å². The molecule has 1 aromatic carbocycles. The first-order valence-electron chi connectivity index (χ1n) is 5.37. The van der Waals surface area contributed by atoms with Gasteiger partial charge in [-0.3, -0.25) is 0 Å². The molecule has 3 N–H and O–H groups in total. The molecule has 100 valence electrons. The smallest absolute Gasteiger partial charge is 0.162 e. The Morgan fingerprint density at radius 1 is 1.39 bits per heavy atom. The Hall–Kier alpha value is -1.44. The molecule has 1 atom stereocenters. The molecule has 0 aliphatic heterocycles. The molecule has 4 nitrogen and oxygen atoms in total. The van der Waals surface area contributed by atoms with Crippen molar-refractivity contribution in [2.75, 3.05) is 7.11 Å². The molecule has 1 rings (SSSR count). The fourth-order valence-corrected chi connectivity index (χ4v) is 1.55. The molecule has 0 amide bonds. The number of methoxy groups -OCH3 is 1. The molecule has 0 aliphatic carbocycles. The van der Waals surface area contributed by atoms with Gasteiger partial charge in [-0.1, -0.05) is 20.8 Å². The lowest BCUT2D eigenvalue weighted by Crippen LogP contribution is -2.26. The van der Waals surface area contributed by atoms with Gasteiger partial charge in [0.05, 0.1) is 18.7 Å². The second kappa shape index (κ2) is 5.94. The molecule has 0 saturated carbocycles. The van der Waals surface area contributed by atoms with E-state index in [2.05, 4.69) is 0 Å². The van der Waals surface area contributed by atoms with Crippen molar-refractivity contribution < 1.29 is 9.84 Å². The van der Waals surface area contributed by atoms with Crippen LogP contribution in [0.25, 0.3) is 0 Å². The van der Waals surface area contributed by atoms with Crippen molar-refractivity contribution >= 4 is 12.4 Å². The van der Waals surface area contributed by atoms with Gasteiger partial charge < -0.3 is 15.6 Å². The first-order valence-corrected chi connectivity index (χ1v) is 5.37. The second-order valence-corrected chi connectivity index (χ2v) is 5.07. The molecule has 0 spiro atoms. The van der Waals surface area contributed by atoms with Gasteiger partial charge in [0.25, 0.3) is 0 Å². The predicted molar refractivity (Wildman–Crippen MR) is 73.0 cm³/mol. The molecule has 0 radical (unpaired) electrons. The Kier molecular flexibility index (Phi) is 5.47. The molecule has 0 saturated heterocycles. The zero-order valence-corrected chi connectivity index (χ0v) is 11.8. The van der Waals surface area contributed by atoms with Crippen LogP contribution in [0.2, 0.25) is 0 Å². The van der Waals surface area contributed by atoms with Crippen LogP contribution in [-0.2, 0) is 0 Å². The van der Waals surface area contributed by atoms with Gasteiger partial charge in [0, 0.05) is 17.7 Å². The molecule has 0 aliphatic rings. The third kappa shape index (κ3) is 3.28. The lowest BCUT2D eigenvalue weighted by atomic mass is 9.82. The van der Waals surface area contributed by atoms with Gasteiger partial charge in [0.1, 0.15) is 0 Å². The Labute approximate surface area is 114 Å². The van der Waals surface area contributed by atoms with E-state index in [9.17, 15) is 5.11 Å². The Morgan fingerprint density at radius 3 is 2.33 bits per heavy atom. The van der Waals surface area contributed by atoms with Gasteiger partial charge in [-0.05, 0) is 11.5 Å². The molecule has 1 aromatic rings. The van der Waals surface area contributed by atoms with Crippen molar-refractivity contribution in [2.24, 2.45) is 11.1 Å². The van der Waals surface area contributed by atoms with Gasteiger partial charge in [-0.2, -0.15) is 5.26 Å². The normalized spacial score (nSPS) is 12.2. The van der Waals surface area contributed by atoms with Gasteiger partial charge in [-0.15, -0.1) is 12.4 Å². The van der Waals surface area contributed by atoms with Crippen LogP contribution < -0.4 is 10.5 Å². The summed E-state index contributed by atoms with van der Waals surface area (Å²) in [5.74, 6) is 0.285. The molecule has 0 bridgehead atoms. The molecule has 0 fully saturated rings. The summed E-state index contributed by atoms with van der Waals surface area (Å²) in [6, 6.07) is 4.76. The number of nitriles is 1. The van der Waals surface area contributed by atoms with Crippen LogP contribution in [0.5, 0.6) is 11.5 Å². The molecular weight excluding hydrogens is 252 g/mol. The van der Waals surface area contributed by atoms with E-state index in [1.54, 1.807) is 6.07 Å². The monoisotopic (exact) mass is 270 g/mol. The zero-order valence-electron chi connectivity index (χ0n) is 11.0. The third-order valence-corrected chi connectivity index (χ3v) is 2.72. The number of nitrogens with two attached hydrogens (primary N) is 1. The van der Waals surface area contributed by atoms with Crippen molar-refractivity contribution in [3.05, 3.63) is 23.3 Å². The quantitative estimate of drug-likeness (QED) is 0.866. The summed E-state index contributed by atoms with van der Waals surface area (Å²) >= 11 is 0. The summed E-state index contributed by atoms with van der Waals surface area (Å²) in [5.41, 5.74) is 6.84. The van der Waals surface area contributed by atoms with Crippen molar-refractivity contribution in [1.82, 2.24) is 0 Å². The van der Waals surface area contributed by atoms with Crippen molar-refractivity contribution in [3.63, 3.8) is 0 Å². The van der Waals surface area contributed by atoms with E-state index in [1.807, 2.05) is 26.8 Å². The molecule has 0 aromatic heterocycles. The van der Waals surface area contributed by atoms with Crippen LogP contribution in [0.1, 0.15) is 37.9 Å². The lowest BCUT2D eigenvalue weighted by Gasteiger charge is -2.28. The number of aromatic hydroxyl groups is 1. The average Bonchev–Trinajstić information content (AvgIpc) is 2.27. The largest absolute Gasteiger partial charge is 0.504 e. The minimum absolute atomic E-state index is 0. The highest BCUT2D eigenvalue weighted by molar-refractivity contribution is 5.85.